The maximum atomic E-state index is 10.4. The molecule has 0 aliphatic heterocycles. The molecule has 0 saturated carbocycles. The minimum absolute atomic E-state index is 0.132. The minimum Gasteiger partial charge on any atom is -0.476 e. The Morgan fingerprint density at radius 3 is 2.75 bits per heavy atom. The first-order valence-electron chi connectivity index (χ1n) is 2.95. The molecule has 1 aromatic rings. The van der Waals surface area contributed by atoms with Crippen LogP contribution in [-0.4, -0.2) is 22.0 Å². The van der Waals surface area contributed by atoms with Gasteiger partial charge in [0.1, 0.15) is 6.33 Å². The van der Waals surface area contributed by atoms with Crippen LogP contribution in [0.15, 0.2) is 6.33 Å². The summed E-state index contributed by atoms with van der Waals surface area (Å²) in [5, 5.41) is 10.4. The number of aromatic nitrogens is 2. The second kappa shape index (κ2) is 2.99. The molecule has 1 aromatic heterocycles. The van der Waals surface area contributed by atoms with Gasteiger partial charge in [-0.2, -0.15) is 4.98 Å². The largest absolute Gasteiger partial charge is 0.476 e. The summed E-state index contributed by atoms with van der Waals surface area (Å²) < 4.78 is 4.61. The molecule has 0 aromatic carbocycles. The Morgan fingerprint density at radius 2 is 2.33 bits per heavy atom. The Morgan fingerprint density at radius 1 is 1.67 bits per heavy atom. The lowest BCUT2D eigenvalue weighted by atomic mass is 10.5. The molecule has 0 saturated heterocycles. The summed E-state index contributed by atoms with van der Waals surface area (Å²) in [6.07, 6.45) is 1.10. The molecule has 0 aliphatic carbocycles. The van der Waals surface area contributed by atoms with Gasteiger partial charge in [-0.15, -0.1) is 0 Å². The van der Waals surface area contributed by atoms with Crippen molar-refractivity contribution in [2.45, 2.75) is 0 Å². The fraction of sp³-hybridized carbons (Fsp3) is 0.200. The molecule has 2 N–H and O–H groups in total. The van der Waals surface area contributed by atoms with E-state index in [1.807, 2.05) is 0 Å². The molecular weight excluding hydrogens is 164 g/mol. The molecular formula is C5H6N4O3. The minimum atomic E-state index is -0.686. The molecule has 0 fully saturated rings. The number of ether oxygens (including phenoxy) is 1. The van der Waals surface area contributed by atoms with Gasteiger partial charge < -0.3 is 10.5 Å². The normalized spacial score (nSPS) is 9.42. The van der Waals surface area contributed by atoms with Crippen LogP contribution in [0.3, 0.4) is 0 Å². The van der Waals surface area contributed by atoms with Crippen molar-refractivity contribution in [2.24, 2.45) is 0 Å². The summed E-state index contributed by atoms with van der Waals surface area (Å²) in [5.74, 6) is -0.334. The molecule has 0 amide bonds. The van der Waals surface area contributed by atoms with E-state index in [0.717, 1.165) is 6.33 Å². The van der Waals surface area contributed by atoms with Gasteiger partial charge >= 0.3 is 5.69 Å². The molecule has 1 rings (SSSR count). The number of nitrogen functional groups attached to an aromatic ring is 1. The predicted octanol–water partition coefficient (Wildman–Crippen LogP) is -0.0244. The summed E-state index contributed by atoms with van der Waals surface area (Å²) in [4.78, 5) is 16.7. The molecule has 12 heavy (non-hydrogen) atoms. The van der Waals surface area contributed by atoms with Crippen LogP contribution >= 0.6 is 0 Å². The summed E-state index contributed by atoms with van der Waals surface area (Å²) in [6.45, 7) is 0. The van der Waals surface area contributed by atoms with E-state index in [2.05, 4.69) is 14.7 Å². The highest BCUT2D eigenvalue weighted by atomic mass is 16.6. The number of nitrogens with two attached hydrogens (primary N) is 1. The maximum Gasteiger partial charge on any atom is 0.372 e. The summed E-state index contributed by atoms with van der Waals surface area (Å²) in [6, 6.07) is 0. The Kier molecular flexibility index (Phi) is 2.04. The fourth-order valence-corrected chi connectivity index (χ4v) is 0.696. The number of anilines is 1. The van der Waals surface area contributed by atoms with Gasteiger partial charge in [-0.3, -0.25) is 10.1 Å². The molecule has 0 radical (unpaired) electrons. The van der Waals surface area contributed by atoms with Gasteiger partial charge in [-0.05, 0) is 0 Å². The van der Waals surface area contributed by atoms with Crippen LogP contribution < -0.4 is 10.5 Å². The third kappa shape index (κ3) is 1.24. The van der Waals surface area contributed by atoms with Crippen LogP contribution in [0.1, 0.15) is 0 Å². The first-order valence-corrected chi connectivity index (χ1v) is 2.95. The Balaban J connectivity index is 3.29. The smallest absolute Gasteiger partial charge is 0.372 e. The highest BCUT2D eigenvalue weighted by Crippen LogP contribution is 2.27. The van der Waals surface area contributed by atoms with Crippen molar-refractivity contribution in [1.82, 2.24) is 9.97 Å². The van der Waals surface area contributed by atoms with E-state index in [-0.39, 0.29) is 11.7 Å². The highest BCUT2D eigenvalue weighted by molar-refractivity contribution is 5.57. The summed E-state index contributed by atoms with van der Waals surface area (Å²) >= 11 is 0. The maximum absolute atomic E-state index is 10.4. The SMILES string of the molecule is COc1ncnc(N)c1[N+](=O)[O-]. The molecule has 0 aliphatic rings. The summed E-state index contributed by atoms with van der Waals surface area (Å²) in [7, 11) is 1.27. The van der Waals surface area contributed by atoms with Gasteiger partial charge in [0.25, 0.3) is 5.88 Å². The standard InChI is InChI=1S/C5H6N4O3/c1-12-5-3(9(10)11)4(6)7-2-8-5/h2H,1H3,(H2,6,7,8). The topological polar surface area (TPSA) is 104 Å². The van der Waals surface area contributed by atoms with Crippen molar-refractivity contribution >= 4 is 11.5 Å². The third-order valence-corrected chi connectivity index (χ3v) is 1.19. The van der Waals surface area contributed by atoms with Crippen molar-refractivity contribution in [2.75, 3.05) is 12.8 Å². The number of hydrogen-bond donors (Lipinski definition) is 1. The van der Waals surface area contributed by atoms with Gasteiger partial charge in [0, 0.05) is 0 Å². The van der Waals surface area contributed by atoms with Crippen LogP contribution in [0.25, 0.3) is 0 Å². The molecule has 7 heteroatoms. The zero-order chi connectivity index (χ0) is 9.14. The van der Waals surface area contributed by atoms with Gasteiger partial charge in [0.15, 0.2) is 0 Å². The van der Waals surface area contributed by atoms with Crippen molar-refractivity contribution in [3.05, 3.63) is 16.4 Å². The molecule has 0 unspecified atom stereocenters. The molecule has 7 nitrogen and oxygen atoms in total. The Hall–Kier alpha value is -1.92. The zero-order valence-corrected chi connectivity index (χ0v) is 6.22. The quantitative estimate of drug-likeness (QED) is 0.493. The highest BCUT2D eigenvalue weighted by Gasteiger charge is 2.21. The van der Waals surface area contributed by atoms with E-state index in [0.29, 0.717) is 0 Å². The lowest BCUT2D eigenvalue weighted by molar-refractivity contribution is -0.385. The number of rotatable bonds is 2. The number of hydrogen-bond acceptors (Lipinski definition) is 6. The number of nitrogens with zero attached hydrogens (tertiary/aromatic N) is 3. The van der Waals surface area contributed by atoms with Crippen LogP contribution in [-0.2, 0) is 0 Å². The van der Waals surface area contributed by atoms with E-state index in [9.17, 15) is 10.1 Å². The van der Waals surface area contributed by atoms with E-state index < -0.39 is 10.6 Å². The average molecular weight is 170 g/mol. The average Bonchev–Trinajstić information content (AvgIpc) is 2.03. The van der Waals surface area contributed by atoms with Gasteiger partial charge in [0.2, 0.25) is 5.82 Å². The summed E-state index contributed by atoms with van der Waals surface area (Å²) in [5.41, 5.74) is 4.82. The first kappa shape index (κ1) is 8.18. The molecule has 64 valence electrons. The lowest BCUT2D eigenvalue weighted by Crippen LogP contribution is -2.02. The second-order valence-electron chi connectivity index (χ2n) is 1.87. The van der Waals surface area contributed by atoms with E-state index in [1.165, 1.54) is 7.11 Å². The Bertz CT molecular complexity index is 314. The molecule has 0 atom stereocenters. The van der Waals surface area contributed by atoms with E-state index in [4.69, 9.17) is 5.73 Å². The predicted molar refractivity (Wildman–Crippen MR) is 39.7 cm³/mol. The van der Waals surface area contributed by atoms with Crippen molar-refractivity contribution in [3.63, 3.8) is 0 Å². The first-order chi connectivity index (χ1) is 5.66. The van der Waals surface area contributed by atoms with Crippen molar-refractivity contribution in [3.8, 4) is 5.88 Å². The monoisotopic (exact) mass is 170 g/mol. The van der Waals surface area contributed by atoms with Crippen molar-refractivity contribution in [1.29, 1.82) is 0 Å². The third-order valence-electron chi connectivity index (χ3n) is 1.19. The van der Waals surface area contributed by atoms with E-state index in [1.54, 1.807) is 0 Å². The van der Waals surface area contributed by atoms with Gasteiger partial charge in [0.05, 0.1) is 12.0 Å². The van der Waals surface area contributed by atoms with Crippen LogP contribution in [0.4, 0.5) is 11.5 Å². The van der Waals surface area contributed by atoms with Gasteiger partial charge in [-0.25, -0.2) is 4.98 Å². The van der Waals surface area contributed by atoms with Crippen LogP contribution in [0.2, 0.25) is 0 Å². The number of nitro groups is 1. The zero-order valence-electron chi connectivity index (χ0n) is 6.22. The lowest BCUT2D eigenvalue weighted by Gasteiger charge is -1.99. The van der Waals surface area contributed by atoms with Crippen LogP contribution in [0.5, 0.6) is 5.88 Å². The van der Waals surface area contributed by atoms with Crippen LogP contribution in [0, 0.1) is 10.1 Å². The van der Waals surface area contributed by atoms with Gasteiger partial charge in [-0.1, -0.05) is 0 Å². The molecule has 0 bridgehead atoms. The number of methoxy groups -OCH3 is 1. The molecule has 0 spiro atoms. The van der Waals surface area contributed by atoms with E-state index >= 15 is 0 Å². The van der Waals surface area contributed by atoms with Crippen molar-refractivity contribution < 1.29 is 9.66 Å². The second-order valence-corrected chi connectivity index (χ2v) is 1.87. The molecule has 1 heterocycles. The Labute approximate surface area is 67.3 Å². The fourth-order valence-electron chi connectivity index (χ4n) is 0.696.